The van der Waals surface area contributed by atoms with Crippen LogP contribution in [0.25, 0.3) is 0 Å². The zero-order valence-electron chi connectivity index (χ0n) is 16.1. The number of aryl methyl sites for hydroxylation is 1. The molecule has 1 aromatic carbocycles. The molecule has 2 aliphatic rings. The van der Waals surface area contributed by atoms with Gasteiger partial charge in [0, 0.05) is 25.3 Å². The van der Waals surface area contributed by atoms with Crippen LogP contribution in [-0.2, 0) is 18.3 Å². The molecule has 0 spiro atoms. The number of ether oxygens (including phenoxy) is 2. The van der Waals surface area contributed by atoms with E-state index < -0.39 is 5.60 Å². The summed E-state index contributed by atoms with van der Waals surface area (Å²) in [6.07, 6.45) is 2.04. The molecule has 1 atom stereocenters. The molecule has 7 heteroatoms. The third-order valence-electron chi connectivity index (χ3n) is 4.97. The van der Waals surface area contributed by atoms with Crippen LogP contribution < -0.4 is 10.1 Å². The Morgan fingerprint density at radius 2 is 2.15 bits per heavy atom. The summed E-state index contributed by atoms with van der Waals surface area (Å²) in [5, 5.41) is 7.50. The number of benzene rings is 1. The van der Waals surface area contributed by atoms with Crippen molar-refractivity contribution in [3.05, 3.63) is 41.6 Å². The predicted molar refractivity (Wildman–Crippen MR) is 102 cm³/mol. The third kappa shape index (κ3) is 3.78. The van der Waals surface area contributed by atoms with Crippen molar-refractivity contribution in [2.75, 3.05) is 18.5 Å². The number of urea groups is 1. The molecule has 7 nitrogen and oxygen atoms in total. The van der Waals surface area contributed by atoms with Crippen LogP contribution in [0.4, 0.5) is 10.6 Å². The predicted octanol–water partition coefficient (Wildman–Crippen LogP) is 3.48. The van der Waals surface area contributed by atoms with Gasteiger partial charge in [-0.2, -0.15) is 5.10 Å². The Kier molecular flexibility index (Phi) is 4.55. The molecule has 1 unspecified atom stereocenters. The summed E-state index contributed by atoms with van der Waals surface area (Å²) in [5.41, 5.74) is 1.40. The summed E-state index contributed by atoms with van der Waals surface area (Å²) in [4.78, 5) is 14.8. The summed E-state index contributed by atoms with van der Waals surface area (Å²) in [5.74, 6) is 1.50. The van der Waals surface area contributed by atoms with Crippen LogP contribution in [0.2, 0.25) is 0 Å². The minimum atomic E-state index is -0.473. The van der Waals surface area contributed by atoms with Gasteiger partial charge in [-0.15, -0.1) is 0 Å². The number of nitrogens with zero attached hydrogens (tertiary/aromatic N) is 3. The monoisotopic (exact) mass is 370 g/mol. The number of fused-ring (bicyclic) bond motifs is 1. The van der Waals surface area contributed by atoms with Gasteiger partial charge in [-0.25, -0.2) is 4.79 Å². The van der Waals surface area contributed by atoms with Crippen molar-refractivity contribution in [2.24, 2.45) is 7.05 Å². The molecule has 27 heavy (non-hydrogen) atoms. The summed E-state index contributed by atoms with van der Waals surface area (Å²) < 4.78 is 13.5. The fourth-order valence-electron chi connectivity index (χ4n) is 3.69. The first-order valence-corrected chi connectivity index (χ1v) is 9.40. The van der Waals surface area contributed by atoms with Crippen molar-refractivity contribution in [1.29, 1.82) is 0 Å². The highest BCUT2D eigenvalue weighted by atomic mass is 16.5. The smallest absolute Gasteiger partial charge is 0.323 e. The number of anilines is 1. The fourth-order valence-corrected chi connectivity index (χ4v) is 3.69. The minimum Gasteiger partial charge on any atom is -0.486 e. The molecule has 3 heterocycles. The lowest BCUT2D eigenvalue weighted by atomic mass is 10.1. The first kappa shape index (κ1) is 17.9. The molecule has 2 amide bonds. The number of nitrogens with one attached hydrogen (secondary N) is 1. The summed E-state index contributed by atoms with van der Waals surface area (Å²) >= 11 is 0. The highest BCUT2D eigenvalue weighted by Crippen LogP contribution is 2.31. The maximum atomic E-state index is 13.0. The van der Waals surface area contributed by atoms with Crippen LogP contribution in [0.3, 0.4) is 0 Å². The number of carbonyl (C=O) groups excluding carboxylic acids is 1. The van der Waals surface area contributed by atoms with Crippen molar-refractivity contribution < 1.29 is 14.3 Å². The molecule has 2 aromatic rings. The Balaban J connectivity index is 1.52. The maximum absolute atomic E-state index is 13.0. The van der Waals surface area contributed by atoms with Crippen molar-refractivity contribution in [1.82, 2.24) is 14.7 Å². The molecule has 1 N–H and O–H groups in total. The van der Waals surface area contributed by atoms with Gasteiger partial charge >= 0.3 is 6.03 Å². The first-order valence-electron chi connectivity index (χ1n) is 9.40. The van der Waals surface area contributed by atoms with Crippen LogP contribution in [-0.4, -0.2) is 39.5 Å². The highest BCUT2D eigenvalue weighted by molar-refractivity contribution is 5.88. The van der Waals surface area contributed by atoms with E-state index in [-0.39, 0.29) is 12.1 Å². The van der Waals surface area contributed by atoms with E-state index >= 15 is 0 Å². The van der Waals surface area contributed by atoms with Crippen LogP contribution in [0.15, 0.2) is 30.3 Å². The van der Waals surface area contributed by atoms with Gasteiger partial charge in [0.25, 0.3) is 0 Å². The number of rotatable bonds is 2. The van der Waals surface area contributed by atoms with Gasteiger partial charge in [-0.3, -0.25) is 10.00 Å². The minimum absolute atomic E-state index is 0.0271. The summed E-state index contributed by atoms with van der Waals surface area (Å²) in [7, 11) is 1.83. The second-order valence-corrected chi connectivity index (χ2v) is 7.84. The van der Waals surface area contributed by atoms with Gasteiger partial charge in [0.2, 0.25) is 0 Å². The molecule has 0 radical (unpaired) electrons. The number of amides is 2. The Morgan fingerprint density at radius 1 is 1.33 bits per heavy atom. The molecule has 0 aliphatic carbocycles. The molecule has 1 saturated heterocycles. The highest BCUT2D eigenvalue weighted by Gasteiger charge is 2.32. The molecule has 2 aliphatic heterocycles. The third-order valence-corrected chi connectivity index (χ3v) is 4.97. The SMILES string of the molecule is Cn1nc(C2CCCO2)cc1NC(=O)N1Cc2ccccc2OC(C)(C)C1. The van der Waals surface area contributed by atoms with Crippen LogP contribution in [0.5, 0.6) is 5.75 Å². The normalized spacial score (nSPS) is 21.3. The number of carbonyl (C=O) groups is 1. The zero-order chi connectivity index (χ0) is 19.0. The molecular weight excluding hydrogens is 344 g/mol. The van der Waals surface area contributed by atoms with E-state index in [1.807, 2.05) is 51.2 Å². The van der Waals surface area contributed by atoms with Crippen molar-refractivity contribution in [3.8, 4) is 5.75 Å². The number of hydrogen-bond donors (Lipinski definition) is 1. The van der Waals surface area contributed by atoms with E-state index in [0.717, 1.165) is 36.5 Å². The van der Waals surface area contributed by atoms with Gasteiger partial charge < -0.3 is 14.4 Å². The van der Waals surface area contributed by atoms with E-state index in [1.54, 1.807) is 9.58 Å². The zero-order valence-corrected chi connectivity index (χ0v) is 16.1. The number of para-hydroxylation sites is 1. The van der Waals surface area contributed by atoms with Crippen LogP contribution >= 0.6 is 0 Å². The molecule has 1 aromatic heterocycles. The summed E-state index contributed by atoms with van der Waals surface area (Å²) in [6.45, 7) is 5.75. The topological polar surface area (TPSA) is 68.6 Å². The summed E-state index contributed by atoms with van der Waals surface area (Å²) in [6, 6.07) is 9.61. The van der Waals surface area contributed by atoms with Crippen molar-refractivity contribution in [3.63, 3.8) is 0 Å². The average molecular weight is 370 g/mol. The maximum Gasteiger partial charge on any atom is 0.323 e. The molecule has 4 rings (SSSR count). The van der Waals surface area contributed by atoms with E-state index in [4.69, 9.17) is 9.47 Å². The lowest BCUT2D eigenvalue weighted by molar-refractivity contribution is 0.0834. The van der Waals surface area contributed by atoms with Gasteiger partial charge in [-0.05, 0) is 32.8 Å². The Morgan fingerprint density at radius 3 is 2.93 bits per heavy atom. The quantitative estimate of drug-likeness (QED) is 0.879. The average Bonchev–Trinajstić information content (AvgIpc) is 3.23. The second-order valence-electron chi connectivity index (χ2n) is 7.84. The molecular formula is C20H26N4O3. The molecule has 144 valence electrons. The van der Waals surface area contributed by atoms with Gasteiger partial charge in [0.05, 0.1) is 18.8 Å². The Bertz CT molecular complexity index is 840. The second kappa shape index (κ2) is 6.88. The standard InChI is InChI=1S/C20H26N4O3/c1-20(2)13-24(12-14-7-4-5-8-16(14)27-20)19(25)21-18-11-15(22-23(18)3)17-9-6-10-26-17/h4-5,7-8,11,17H,6,9-10,12-13H2,1-3H3,(H,21,25). The van der Waals surface area contributed by atoms with E-state index in [9.17, 15) is 4.79 Å². The van der Waals surface area contributed by atoms with E-state index in [0.29, 0.717) is 18.9 Å². The Labute approximate surface area is 159 Å². The van der Waals surface area contributed by atoms with Crippen LogP contribution in [0, 0.1) is 0 Å². The lowest BCUT2D eigenvalue weighted by Crippen LogP contribution is -2.45. The van der Waals surface area contributed by atoms with E-state index in [2.05, 4.69) is 10.4 Å². The lowest BCUT2D eigenvalue weighted by Gasteiger charge is -2.29. The fraction of sp³-hybridized carbons (Fsp3) is 0.500. The van der Waals surface area contributed by atoms with Crippen LogP contribution in [0.1, 0.15) is 44.1 Å². The van der Waals surface area contributed by atoms with Crippen molar-refractivity contribution in [2.45, 2.75) is 44.9 Å². The first-order chi connectivity index (χ1) is 12.9. The molecule has 1 fully saturated rings. The molecule has 0 saturated carbocycles. The number of hydrogen-bond acceptors (Lipinski definition) is 4. The largest absolute Gasteiger partial charge is 0.486 e. The van der Waals surface area contributed by atoms with Gasteiger partial charge in [0.15, 0.2) is 0 Å². The van der Waals surface area contributed by atoms with Gasteiger partial charge in [0.1, 0.15) is 23.3 Å². The van der Waals surface area contributed by atoms with Crippen molar-refractivity contribution >= 4 is 11.8 Å². The number of aromatic nitrogens is 2. The van der Waals surface area contributed by atoms with E-state index in [1.165, 1.54) is 0 Å². The Hall–Kier alpha value is -2.54. The molecule has 0 bridgehead atoms. The van der Waals surface area contributed by atoms with Gasteiger partial charge in [-0.1, -0.05) is 18.2 Å².